The molecule has 0 spiro atoms. The molecular formula is C15H21ClN2O3. The van der Waals surface area contributed by atoms with Gasteiger partial charge in [0.05, 0.1) is 23.4 Å². The molecule has 1 aromatic carbocycles. The normalized spacial score (nSPS) is 17.6. The lowest BCUT2D eigenvalue weighted by molar-refractivity contribution is 0.0894. The number of nitrogens with one attached hydrogen (secondary N) is 1. The van der Waals surface area contributed by atoms with Crippen LogP contribution in [0.2, 0.25) is 5.02 Å². The van der Waals surface area contributed by atoms with Crippen molar-refractivity contribution in [3.63, 3.8) is 0 Å². The summed E-state index contributed by atoms with van der Waals surface area (Å²) in [5, 5.41) is 3.31. The van der Waals surface area contributed by atoms with Gasteiger partial charge in [0.25, 0.3) is 0 Å². The Morgan fingerprint density at radius 3 is 3.05 bits per heavy atom. The van der Waals surface area contributed by atoms with Crippen LogP contribution in [0.3, 0.4) is 0 Å². The van der Waals surface area contributed by atoms with Crippen molar-refractivity contribution in [3.05, 3.63) is 23.2 Å². The molecule has 5 nitrogen and oxygen atoms in total. The van der Waals surface area contributed by atoms with Gasteiger partial charge in [-0.3, -0.25) is 0 Å². The van der Waals surface area contributed by atoms with Crippen LogP contribution in [0.15, 0.2) is 18.2 Å². The number of carbonyl (C=O) groups is 1. The predicted molar refractivity (Wildman–Crippen MR) is 83.2 cm³/mol. The molecule has 0 unspecified atom stereocenters. The molecule has 1 atom stereocenters. The Balaban J connectivity index is 1.99. The Bertz CT molecular complexity index is 490. The number of hydrogen-bond acceptors (Lipinski definition) is 3. The maximum atomic E-state index is 12.2. The van der Waals surface area contributed by atoms with Gasteiger partial charge in [0, 0.05) is 20.2 Å². The SMILES string of the molecule is CCOc1c(Cl)cccc1NC(=O)N(C)C[C@@H]1CCCO1. The van der Waals surface area contributed by atoms with Gasteiger partial charge in [-0.25, -0.2) is 4.79 Å². The van der Waals surface area contributed by atoms with Crippen molar-refractivity contribution in [3.8, 4) is 5.75 Å². The van der Waals surface area contributed by atoms with E-state index in [1.165, 1.54) is 0 Å². The highest BCUT2D eigenvalue weighted by molar-refractivity contribution is 6.32. The van der Waals surface area contributed by atoms with Gasteiger partial charge in [-0.1, -0.05) is 17.7 Å². The van der Waals surface area contributed by atoms with Crippen molar-refractivity contribution in [1.29, 1.82) is 0 Å². The molecule has 0 saturated carbocycles. The minimum Gasteiger partial charge on any atom is -0.490 e. The number of halogens is 1. The molecule has 1 saturated heterocycles. The van der Waals surface area contributed by atoms with Gasteiger partial charge < -0.3 is 19.7 Å². The van der Waals surface area contributed by atoms with Crippen LogP contribution in [-0.2, 0) is 4.74 Å². The van der Waals surface area contributed by atoms with Crippen LogP contribution in [0.1, 0.15) is 19.8 Å². The second-order valence-electron chi connectivity index (χ2n) is 5.00. The number of para-hydroxylation sites is 1. The molecule has 21 heavy (non-hydrogen) atoms. The van der Waals surface area contributed by atoms with Crippen molar-refractivity contribution >= 4 is 23.3 Å². The molecule has 0 aromatic heterocycles. The Morgan fingerprint density at radius 2 is 2.38 bits per heavy atom. The Hall–Kier alpha value is -1.46. The summed E-state index contributed by atoms with van der Waals surface area (Å²) in [5.74, 6) is 0.500. The van der Waals surface area contributed by atoms with E-state index in [9.17, 15) is 4.79 Å². The average Bonchev–Trinajstić information content (AvgIpc) is 2.95. The van der Waals surface area contributed by atoms with E-state index >= 15 is 0 Å². The summed E-state index contributed by atoms with van der Waals surface area (Å²) in [4.78, 5) is 13.8. The number of rotatable bonds is 5. The highest BCUT2D eigenvalue weighted by Crippen LogP contribution is 2.33. The van der Waals surface area contributed by atoms with E-state index in [-0.39, 0.29) is 12.1 Å². The summed E-state index contributed by atoms with van der Waals surface area (Å²) in [7, 11) is 1.75. The van der Waals surface area contributed by atoms with Crippen molar-refractivity contribution in [2.24, 2.45) is 0 Å². The zero-order chi connectivity index (χ0) is 15.2. The van der Waals surface area contributed by atoms with Gasteiger partial charge in [0.15, 0.2) is 5.75 Å². The zero-order valence-electron chi connectivity index (χ0n) is 12.4. The molecule has 6 heteroatoms. The molecule has 0 radical (unpaired) electrons. The molecule has 1 fully saturated rings. The molecule has 0 aliphatic carbocycles. The lowest BCUT2D eigenvalue weighted by atomic mass is 10.2. The third kappa shape index (κ3) is 4.25. The lowest BCUT2D eigenvalue weighted by Crippen LogP contribution is -2.37. The van der Waals surface area contributed by atoms with Gasteiger partial charge >= 0.3 is 6.03 Å². The largest absolute Gasteiger partial charge is 0.490 e. The number of benzene rings is 1. The summed E-state index contributed by atoms with van der Waals surface area (Å²) in [6.45, 7) is 3.72. The van der Waals surface area contributed by atoms with Crippen molar-refractivity contribution in [2.75, 3.05) is 32.1 Å². The van der Waals surface area contributed by atoms with E-state index in [0.29, 0.717) is 29.6 Å². The number of anilines is 1. The van der Waals surface area contributed by atoms with Gasteiger partial charge in [0.2, 0.25) is 0 Å². The van der Waals surface area contributed by atoms with Crippen LogP contribution in [0.4, 0.5) is 10.5 Å². The smallest absolute Gasteiger partial charge is 0.321 e. The van der Waals surface area contributed by atoms with Crippen LogP contribution in [0, 0.1) is 0 Å². The average molecular weight is 313 g/mol. The summed E-state index contributed by atoms with van der Waals surface area (Å²) in [6.07, 6.45) is 2.19. The van der Waals surface area contributed by atoms with Crippen molar-refractivity contribution < 1.29 is 14.3 Å². The van der Waals surface area contributed by atoms with Crippen LogP contribution >= 0.6 is 11.6 Å². The molecule has 1 heterocycles. The van der Waals surface area contributed by atoms with Crippen molar-refractivity contribution in [1.82, 2.24) is 4.90 Å². The van der Waals surface area contributed by atoms with E-state index < -0.39 is 0 Å². The van der Waals surface area contributed by atoms with Crippen LogP contribution < -0.4 is 10.1 Å². The molecule has 1 N–H and O–H groups in total. The molecule has 116 valence electrons. The first-order valence-electron chi connectivity index (χ1n) is 7.16. The third-order valence-electron chi connectivity index (χ3n) is 3.35. The Labute approximate surface area is 130 Å². The second-order valence-corrected chi connectivity index (χ2v) is 5.40. The molecule has 1 aliphatic heterocycles. The lowest BCUT2D eigenvalue weighted by Gasteiger charge is -2.22. The van der Waals surface area contributed by atoms with E-state index in [4.69, 9.17) is 21.1 Å². The third-order valence-corrected chi connectivity index (χ3v) is 3.64. The number of carbonyl (C=O) groups excluding carboxylic acids is 1. The van der Waals surface area contributed by atoms with Crippen molar-refractivity contribution in [2.45, 2.75) is 25.9 Å². The molecule has 1 aromatic rings. The van der Waals surface area contributed by atoms with E-state index in [0.717, 1.165) is 19.4 Å². The monoisotopic (exact) mass is 312 g/mol. The Morgan fingerprint density at radius 1 is 1.57 bits per heavy atom. The fraction of sp³-hybridized carbons (Fsp3) is 0.533. The van der Waals surface area contributed by atoms with E-state index in [2.05, 4.69) is 5.32 Å². The predicted octanol–water partition coefficient (Wildman–Crippen LogP) is 3.38. The molecule has 2 rings (SSSR count). The van der Waals surface area contributed by atoms with Gasteiger partial charge in [0.1, 0.15) is 0 Å². The number of urea groups is 1. The topological polar surface area (TPSA) is 50.8 Å². The van der Waals surface area contributed by atoms with E-state index in [1.54, 1.807) is 30.1 Å². The summed E-state index contributed by atoms with van der Waals surface area (Å²) >= 11 is 6.10. The fourth-order valence-electron chi connectivity index (χ4n) is 2.29. The molecule has 0 bridgehead atoms. The molecule has 2 amide bonds. The fourth-order valence-corrected chi connectivity index (χ4v) is 2.51. The second kappa shape index (κ2) is 7.52. The maximum absolute atomic E-state index is 12.2. The molecule has 1 aliphatic rings. The summed E-state index contributed by atoms with van der Waals surface area (Å²) in [6, 6.07) is 5.08. The minimum absolute atomic E-state index is 0.131. The number of amides is 2. The highest BCUT2D eigenvalue weighted by Gasteiger charge is 2.21. The highest BCUT2D eigenvalue weighted by atomic mass is 35.5. The van der Waals surface area contributed by atoms with Gasteiger partial charge in [-0.05, 0) is 31.9 Å². The maximum Gasteiger partial charge on any atom is 0.321 e. The molecular weight excluding hydrogens is 292 g/mol. The van der Waals surface area contributed by atoms with Crippen LogP contribution in [-0.4, -0.2) is 43.8 Å². The standard InChI is InChI=1S/C15H21ClN2O3/c1-3-20-14-12(16)7-4-8-13(14)17-15(19)18(2)10-11-6-5-9-21-11/h4,7-8,11H,3,5-6,9-10H2,1-2H3,(H,17,19)/t11-/m0/s1. The summed E-state index contributed by atoms with van der Waals surface area (Å²) in [5.41, 5.74) is 0.577. The number of hydrogen-bond donors (Lipinski definition) is 1. The number of likely N-dealkylation sites (N-methyl/N-ethyl adjacent to an activating group) is 1. The quantitative estimate of drug-likeness (QED) is 0.906. The Kier molecular flexibility index (Phi) is 5.70. The number of nitrogens with zero attached hydrogens (tertiary/aromatic N) is 1. The first kappa shape index (κ1) is 15.9. The van der Waals surface area contributed by atoms with E-state index in [1.807, 2.05) is 6.92 Å². The number of ether oxygens (including phenoxy) is 2. The first-order valence-corrected chi connectivity index (χ1v) is 7.54. The van der Waals surface area contributed by atoms with Crippen LogP contribution in [0.5, 0.6) is 5.75 Å². The summed E-state index contributed by atoms with van der Waals surface area (Å²) < 4.78 is 11.0. The van der Waals surface area contributed by atoms with Crippen LogP contribution in [0.25, 0.3) is 0 Å². The van der Waals surface area contributed by atoms with Gasteiger partial charge in [-0.15, -0.1) is 0 Å². The van der Waals surface area contributed by atoms with Gasteiger partial charge in [-0.2, -0.15) is 0 Å². The zero-order valence-corrected chi connectivity index (χ0v) is 13.2. The minimum atomic E-state index is -0.200. The first-order chi connectivity index (χ1) is 10.1.